The van der Waals surface area contributed by atoms with Gasteiger partial charge < -0.3 is 5.73 Å². The molecular formula is C13H22ClNSi. The monoisotopic (exact) mass is 255 g/mol. The molecule has 0 fully saturated rings. The second-order valence-corrected chi connectivity index (χ2v) is 11.6. The van der Waals surface area contributed by atoms with Crippen molar-refractivity contribution in [2.24, 2.45) is 11.7 Å². The minimum atomic E-state index is -1.04. The SMILES string of the molecule is C[Si](C)(C)CC(CN)Cc1ccccc1Cl. The molecule has 0 aliphatic heterocycles. The molecule has 0 heterocycles. The van der Waals surface area contributed by atoms with E-state index in [2.05, 4.69) is 25.7 Å². The first-order valence-corrected chi connectivity index (χ1v) is 9.94. The average Bonchev–Trinajstić information content (AvgIpc) is 2.18. The first-order chi connectivity index (χ1) is 7.42. The van der Waals surface area contributed by atoms with Crippen molar-refractivity contribution >= 4 is 19.7 Å². The Kier molecular flexibility index (Phi) is 5.03. The lowest BCUT2D eigenvalue weighted by Crippen LogP contribution is -2.29. The van der Waals surface area contributed by atoms with Crippen LogP contribution in [0.25, 0.3) is 0 Å². The quantitative estimate of drug-likeness (QED) is 0.796. The van der Waals surface area contributed by atoms with Crippen LogP contribution in [0.4, 0.5) is 0 Å². The van der Waals surface area contributed by atoms with E-state index in [0.29, 0.717) is 5.92 Å². The lowest BCUT2D eigenvalue weighted by Gasteiger charge is -2.23. The summed E-state index contributed by atoms with van der Waals surface area (Å²) in [5, 5.41) is 0.872. The molecule has 1 rings (SSSR count). The van der Waals surface area contributed by atoms with E-state index in [9.17, 15) is 0 Å². The van der Waals surface area contributed by atoms with Crippen LogP contribution in [0.2, 0.25) is 30.7 Å². The zero-order valence-electron chi connectivity index (χ0n) is 10.5. The summed E-state index contributed by atoms with van der Waals surface area (Å²) in [5.41, 5.74) is 7.09. The van der Waals surface area contributed by atoms with Crippen LogP contribution < -0.4 is 5.73 Å². The number of halogens is 1. The van der Waals surface area contributed by atoms with Crippen molar-refractivity contribution in [2.75, 3.05) is 6.54 Å². The molecule has 0 bridgehead atoms. The number of rotatable bonds is 5. The van der Waals surface area contributed by atoms with E-state index in [1.54, 1.807) is 0 Å². The molecule has 90 valence electrons. The molecule has 1 nitrogen and oxygen atoms in total. The summed E-state index contributed by atoms with van der Waals surface area (Å²) in [5.74, 6) is 0.576. The van der Waals surface area contributed by atoms with Gasteiger partial charge >= 0.3 is 0 Å². The zero-order valence-corrected chi connectivity index (χ0v) is 12.2. The molecular weight excluding hydrogens is 234 g/mol. The van der Waals surface area contributed by atoms with Gasteiger partial charge in [-0.05, 0) is 30.5 Å². The maximum absolute atomic E-state index is 6.17. The van der Waals surface area contributed by atoms with Crippen molar-refractivity contribution in [2.45, 2.75) is 32.1 Å². The van der Waals surface area contributed by atoms with E-state index in [-0.39, 0.29) is 0 Å². The third-order valence-corrected chi connectivity index (χ3v) is 4.87. The highest BCUT2D eigenvalue weighted by Crippen LogP contribution is 2.23. The molecule has 2 N–H and O–H groups in total. The Hall–Kier alpha value is -0.313. The van der Waals surface area contributed by atoms with Crippen molar-refractivity contribution in [1.82, 2.24) is 0 Å². The summed E-state index contributed by atoms with van der Waals surface area (Å²) in [6.07, 6.45) is 1.01. The zero-order chi connectivity index (χ0) is 12.2. The van der Waals surface area contributed by atoms with Gasteiger partial charge in [0.25, 0.3) is 0 Å². The van der Waals surface area contributed by atoms with Crippen LogP contribution >= 0.6 is 11.6 Å². The smallest absolute Gasteiger partial charge is 0.0446 e. The van der Waals surface area contributed by atoms with Crippen molar-refractivity contribution in [3.8, 4) is 0 Å². The molecule has 0 spiro atoms. The van der Waals surface area contributed by atoms with Gasteiger partial charge in [-0.3, -0.25) is 0 Å². The second-order valence-electron chi connectivity index (χ2n) is 5.66. The van der Waals surface area contributed by atoms with Crippen molar-refractivity contribution in [3.63, 3.8) is 0 Å². The van der Waals surface area contributed by atoms with Crippen LogP contribution in [0, 0.1) is 5.92 Å². The summed E-state index contributed by atoms with van der Waals surface area (Å²) in [6, 6.07) is 9.36. The Morgan fingerprint density at radius 3 is 2.38 bits per heavy atom. The fourth-order valence-corrected chi connectivity index (χ4v) is 4.34. The van der Waals surface area contributed by atoms with Gasteiger partial charge in [-0.15, -0.1) is 0 Å². The Labute approximate surface area is 105 Å². The summed E-state index contributed by atoms with van der Waals surface area (Å²) < 4.78 is 0. The van der Waals surface area contributed by atoms with E-state index in [0.717, 1.165) is 18.0 Å². The highest BCUT2D eigenvalue weighted by Gasteiger charge is 2.20. The van der Waals surface area contributed by atoms with Crippen LogP contribution in [0.3, 0.4) is 0 Å². The molecule has 0 aliphatic carbocycles. The van der Waals surface area contributed by atoms with Gasteiger partial charge in [0.2, 0.25) is 0 Å². The predicted molar refractivity (Wildman–Crippen MR) is 75.9 cm³/mol. The normalized spacial score (nSPS) is 13.8. The molecule has 1 unspecified atom stereocenters. The van der Waals surface area contributed by atoms with Gasteiger partial charge in [-0.1, -0.05) is 55.5 Å². The van der Waals surface area contributed by atoms with Crippen LogP contribution in [0.1, 0.15) is 5.56 Å². The van der Waals surface area contributed by atoms with Gasteiger partial charge in [0.1, 0.15) is 0 Å². The molecule has 3 heteroatoms. The first-order valence-electron chi connectivity index (χ1n) is 5.86. The van der Waals surface area contributed by atoms with Crippen LogP contribution in [0.5, 0.6) is 0 Å². The lowest BCUT2D eigenvalue weighted by atomic mass is 10.0. The van der Waals surface area contributed by atoms with Gasteiger partial charge in [0, 0.05) is 13.1 Å². The third-order valence-electron chi connectivity index (χ3n) is 2.70. The van der Waals surface area contributed by atoms with E-state index >= 15 is 0 Å². The van der Waals surface area contributed by atoms with Gasteiger partial charge in [-0.25, -0.2) is 0 Å². The Balaban J connectivity index is 2.67. The van der Waals surface area contributed by atoms with Gasteiger partial charge in [0.15, 0.2) is 0 Å². The fourth-order valence-electron chi connectivity index (χ4n) is 2.08. The first kappa shape index (κ1) is 13.8. The highest BCUT2D eigenvalue weighted by molar-refractivity contribution is 6.76. The summed E-state index contributed by atoms with van der Waals surface area (Å²) >= 11 is 6.17. The van der Waals surface area contributed by atoms with Crippen molar-refractivity contribution in [1.29, 1.82) is 0 Å². The van der Waals surface area contributed by atoms with Crippen LogP contribution in [0.15, 0.2) is 24.3 Å². The Morgan fingerprint density at radius 1 is 1.25 bits per heavy atom. The Bertz CT molecular complexity index is 333. The Morgan fingerprint density at radius 2 is 1.88 bits per heavy atom. The maximum atomic E-state index is 6.17. The summed E-state index contributed by atoms with van der Waals surface area (Å²) in [6.45, 7) is 7.93. The van der Waals surface area contributed by atoms with Crippen molar-refractivity contribution < 1.29 is 0 Å². The topological polar surface area (TPSA) is 26.0 Å². The molecule has 0 aliphatic rings. The minimum Gasteiger partial charge on any atom is -0.330 e. The van der Waals surface area contributed by atoms with Crippen LogP contribution in [-0.4, -0.2) is 14.6 Å². The molecule has 1 atom stereocenters. The molecule has 16 heavy (non-hydrogen) atoms. The van der Waals surface area contributed by atoms with E-state index in [1.165, 1.54) is 11.6 Å². The van der Waals surface area contributed by atoms with E-state index in [1.807, 2.05) is 18.2 Å². The molecule has 0 radical (unpaired) electrons. The van der Waals surface area contributed by atoms with E-state index in [4.69, 9.17) is 17.3 Å². The molecule has 0 saturated heterocycles. The molecule has 1 aromatic carbocycles. The number of hydrogen-bond acceptors (Lipinski definition) is 1. The third kappa shape index (κ3) is 4.68. The van der Waals surface area contributed by atoms with E-state index < -0.39 is 8.07 Å². The molecule has 0 aromatic heterocycles. The average molecular weight is 256 g/mol. The number of hydrogen-bond donors (Lipinski definition) is 1. The molecule has 1 aromatic rings. The predicted octanol–water partition coefficient (Wildman–Crippen LogP) is 3.80. The highest BCUT2D eigenvalue weighted by atomic mass is 35.5. The fraction of sp³-hybridized carbons (Fsp3) is 0.538. The summed E-state index contributed by atoms with van der Waals surface area (Å²) in [7, 11) is -1.04. The van der Waals surface area contributed by atoms with Gasteiger partial charge in [-0.2, -0.15) is 0 Å². The standard InChI is InChI=1S/C13H22ClNSi/c1-16(2,3)10-11(9-15)8-12-6-4-5-7-13(12)14/h4-7,11H,8-10,15H2,1-3H3. The minimum absolute atomic E-state index is 0.576. The maximum Gasteiger partial charge on any atom is 0.0446 e. The second kappa shape index (κ2) is 5.85. The van der Waals surface area contributed by atoms with Crippen molar-refractivity contribution in [3.05, 3.63) is 34.9 Å². The molecule has 0 saturated carbocycles. The number of benzene rings is 1. The van der Waals surface area contributed by atoms with Crippen LogP contribution in [-0.2, 0) is 6.42 Å². The van der Waals surface area contributed by atoms with Gasteiger partial charge in [0.05, 0.1) is 0 Å². The molecule has 0 amide bonds. The largest absolute Gasteiger partial charge is 0.330 e. The summed E-state index contributed by atoms with van der Waals surface area (Å²) in [4.78, 5) is 0. The lowest BCUT2D eigenvalue weighted by molar-refractivity contribution is 0.584. The number of nitrogens with two attached hydrogens (primary N) is 1.